The molecule has 0 bridgehead atoms. The molecule has 0 fully saturated rings. The Labute approximate surface area is 461 Å². The van der Waals surface area contributed by atoms with Crippen LogP contribution in [0.3, 0.4) is 0 Å². The molecular formula is C76H57NO2. The fourth-order valence-corrected chi connectivity index (χ4v) is 14.5. The van der Waals surface area contributed by atoms with Gasteiger partial charge in [0.2, 0.25) is 0 Å². The van der Waals surface area contributed by atoms with E-state index >= 15 is 0 Å². The van der Waals surface area contributed by atoms with E-state index in [1.807, 2.05) is 0 Å². The average Bonchev–Trinajstić information content (AvgIpc) is 2.68. The van der Waals surface area contributed by atoms with Crippen molar-refractivity contribution in [2.45, 2.75) is 64.7 Å². The quantitative estimate of drug-likeness (QED) is 0.166. The Hall–Kier alpha value is -9.18. The summed E-state index contributed by atoms with van der Waals surface area (Å²) in [7, 11) is 0. The number of hydrogen-bond donors (Lipinski definition) is 0. The SMILES string of the molecule is Cc1ccc(-c2cc3c(c4c2oc2ccccc24)-c2ccc(N(c4ccc5c(c4)C(C)(C)c4cc6c(cc4-5)C(C)(C)c4ccc5oc7ccccc7c5c4-6)c4c(-c5ccccc5)cccc4-c4ccccc4)cc2C3(C)C)cc1. The maximum atomic E-state index is 6.91. The van der Waals surface area contributed by atoms with Crippen molar-refractivity contribution in [3.8, 4) is 66.8 Å². The molecule has 13 aromatic rings. The van der Waals surface area contributed by atoms with Crippen molar-refractivity contribution in [2.75, 3.05) is 4.90 Å². The number of benzene rings is 11. The van der Waals surface area contributed by atoms with E-state index in [0.29, 0.717) is 0 Å². The van der Waals surface area contributed by atoms with E-state index in [0.717, 1.165) is 78.2 Å². The number of rotatable bonds is 6. The van der Waals surface area contributed by atoms with E-state index in [1.165, 1.54) is 88.5 Å². The summed E-state index contributed by atoms with van der Waals surface area (Å²) in [5.41, 5.74) is 30.1. The Bertz CT molecular complexity index is 4680. The molecule has 16 rings (SSSR count). The summed E-state index contributed by atoms with van der Waals surface area (Å²) < 4.78 is 13.4. The minimum atomic E-state index is -0.359. The van der Waals surface area contributed by atoms with Gasteiger partial charge in [-0.15, -0.1) is 0 Å². The first-order valence-electron chi connectivity index (χ1n) is 27.9. The van der Waals surface area contributed by atoms with Crippen LogP contribution in [0, 0.1) is 6.92 Å². The third-order valence-corrected chi connectivity index (χ3v) is 18.5. The fourth-order valence-electron chi connectivity index (χ4n) is 14.5. The van der Waals surface area contributed by atoms with E-state index in [-0.39, 0.29) is 16.2 Å². The van der Waals surface area contributed by atoms with Crippen LogP contribution in [-0.4, -0.2) is 0 Å². The second-order valence-corrected chi connectivity index (χ2v) is 24.0. The highest BCUT2D eigenvalue weighted by atomic mass is 16.3. The zero-order chi connectivity index (χ0) is 53.3. The van der Waals surface area contributed by atoms with Crippen molar-refractivity contribution < 1.29 is 8.83 Å². The molecule has 0 N–H and O–H groups in total. The Balaban J connectivity index is 0.925. The highest BCUT2D eigenvalue weighted by Gasteiger charge is 2.44. The Morgan fingerprint density at radius 2 is 0.810 bits per heavy atom. The van der Waals surface area contributed by atoms with Crippen molar-refractivity contribution in [3.63, 3.8) is 0 Å². The molecule has 3 aliphatic rings. The lowest BCUT2D eigenvalue weighted by Crippen LogP contribution is -2.19. The molecular weight excluding hydrogens is 959 g/mol. The van der Waals surface area contributed by atoms with E-state index in [2.05, 4.69) is 272 Å². The molecule has 3 aliphatic carbocycles. The van der Waals surface area contributed by atoms with Crippen LogP contribution in [0.25, 0.3) is 111 Å². The summed E-state index contributed by atoms with van der Waals surface area (Å²) in [6.45, 7) is 16.6. The summed E-state index contributed by atoms with van der Waals surface area (Å²) in [5.74, 6) is 0. The van der Waals surface area contributed by atoms with Crippen LogP contribution in [0.5, 0.6) is 0 Å². The first kappa shape index (κ1) is 46.0. The molecule has 0 saturated carbocycles. The first-order chi connectivity index (χ1) is 38.4. The van der Waals surface area contributed by atoms with Crippen LogP contribution >= 0.6 is 0 Å². The number of anilines is 3. The van der Waals surface area contributed by atoms with Gasteiger partial charge in [-0.05, 0) is 151 Å². The van der Waals surface area contributed by atoms with Crippen LogP contribution < -0.4 is 4.90 Å². The molecule has 3 heteroatoms. The van der Waals surface area contributed by atoms with Gasteiger partial charge < -0.3 is 13.7 Å². The molecule has 0 amide bonds. The molecule has 0 aliphatic heterocycles. The van der Waals surface area contributed by atoms with Gasteiger partial charge in [-0.2, -0.15) is 0 Å². The second-order valence-electron chi connectivity index (χ2n) is 24.0. The molecule has 0 radical (unpaired) electrons. The Kier molecular flexibility index (Phi) is 9.42. The van der Waals surface area contributed by atoms with Gasteiger partial charge in [0.1, 0.15) is 22.3 Å². The van der Waals surface area contributed by atoms with Gasteiger partial charge in [0.25, 0.3) is 0 Å². The van der Waals surface area contributed by atoms with Crippen LogP contribution in [0.1, 0.15) is 80.5 Å². The maximum absolute atomic E-state index is 6.91. The summed E-state index contributed by atoms with van der Waals surface area (Å²) in [5, 5.41) is 4.71. The zero-order valence-corrected chi connectivity index (χ0v) is 45.5. The molecule has 2 heterocycles. The summed E-state index contributed by atoms with van der Waals surface area (Å²) in [6, 6.07) is 81.3. The second kappa shape index (κ2) is 16.2. The molecule has 11 aromatic carbocycles. The number of hydrogen-bond acceptors (Lipinski definition) is 3. The molecule has 3 nitrogen and oxygen atoms in total. The highest BCUT2D eigenvalue weighted by Crippen LogP contribution is 2.61. The number of para-hydroxylation sites is 3. The van der Waals surface area contributed by atoms with Gasteiger partial charge in [-0.1, -0.05) is 205 Å². The van der Waals surface area contributed by atoms with Gasteiger partial charge in [0.15, 0.2) is 0 Å². The van der Waals surface area contributed by atoms with E-state index in [1.54, 1.807) is 0 Å². The van der Waals surface area contributed by atoms with Crippen LogP contribution in [0.15, 0.2) is 227 Å². The zero-order valence-electron chi connectivity index (χ0n) is 45.5. The normalized spacial score (nSPS) is 14.8. The predicted octanol–water partition coefficient (Wildman–Crippen LogP) is 21.2. The van der Waals surface area contributed by atoms with Gasteiger partial charge >= 0.3 is 0 Å². The lowest BCUT2D eigenvalue weighted by molar-refractivity contribution is 0.651. The van der Waals surface area contributed by atoms with Crippen molar-refractivity contribution in [1.29, 1.82) is 0 Å². The highest BCUT2D eigenvalue weighted by molar-refractivity contribution is 6.19. The molecule has 79 heavy (non-hydrogen) atoms. The van der Waals surface area contributed by atoms with Crippen molar-refractivity contribution in [1.82, 2.24) is 0 Å². The summed E-state index contributed by atoms with van der Waals surface area (Å²) >= 11 is 0. The molecule has 0 spiro atoms. The predicted molar refractivity (Wildman–Crippen MR) is 329 cm³/mol. The average molecular weight is 1020 g/mol. The fraction of sp³-hybridized carbons (Fsp3) is 0.132. The smallest absolute Gasteiger partial charge is 0.143 e. The largest absolute Gasteiger partial charge is 0.456 e. The number of nitrogens with zero attached hydrogens (tertiary/aromatic N) is 1. The number of aryl methyl sites for hydroxylation is 1. The van der Waals surface area contributed by atoms with Crippen LogP contribution in [-0.2, 0) is 16.2 Å². The van der Waals surface area contributed by atoms with Gasteiger partial charge in [0.05, 0.1) is 5.69 Å². The monoisotopic (exact) mass is 1020 g/mol. The van der Waals surface area contributed by atoms with Gasteiger partial charge in [-0.3, -0.25) is 0 Å². The number of furan rings is 2. The Morgan fingerprint density at radius 3 is 1.48 bits per heavy atom. The molecule has 0 unspecified atom stereocenters. The third-order valence-electron chi connectivity index (χ3n) is 18.5. The first-order valence-corrected chi connectivity index (χ1v) is 27.9. The Morgan fingerprint density at radius 1 is 0.316 bits per heavy atom. The maximum Gasteiger partial charge on any atom is 0.143 e. The number of fused-ring (bicyclic) bond motifs is 17. The van der Waals surface area contributed by atoms with Crippen molar-refractivity contribution in [2.24, 2.45) is 0 Å². The minimum absolute atomic E-state index is 0.204. The molecule has 378 valence electrons. The molecule has 0 saturated heterocycles. The topological polar surface area (TPSA) is 29.5 Å². The van der Waals surface area contributed by atoms with Gasteiger partial charge in [-0.25, -0.2) is 0 Å². The lowest BCUT2D eigenvalue weighted by Gasteiger charge is -2.33. The van der Waals surface area contributed by atoms with Crippen molar-refractivity contribution in [3.05, 3.63) is 257 Å². The van der Waals surface area contributed by atoms with E-state index in [4.69, 9.17) is 8.83 Å². The van der Waals surface area contributed by atoms with Gasteiger partial charge in [0, 0.05) is 65.9 Å². The van der Waals surface area contributed by atoms with E-state index < -0.39 is 0 Å². The minimum Gasteiger partial charge on any atom is -0.456 e. The lowest BCUT2D eigenvalue weighted by atomic mass is 9.79. The molecule has 2 aromatic heterocycles. The summed E-state index contributed by atoms with van der Waals surface area (Å²) in [4.78, 5) is 2.57. The van der Waals surface area contributed by atoms with Crippen LogP contribution in [0.4, 0.5) is 17.1 Å². The molecule has 0 atom stereocenters. The summed E-state index contributed by atoms with van der Waals surface area (Å²) in [6.07, 6.45) is 0. The van der Waals surface area contributed by atoms with Crippen LogP contribution in [0.2, 0.25) is 0 Å². The van der Waals surface area contributed by atoms with E-state index in [9.17, 15) is 0 Å². The third kappa shape index (κ3) is 6.36. The van der Waals surface area contributed by atoms with Crippen molar-refractivity contribution >= 4 is 60.9 Å². The standard InChI is InChI=1S/C76H57NO2/c1-44-29-31-47(32-30-44)56-41-64-68(71-55-24-15-17-28-66(55)79-73(56)71)53-36-34-49(40-61(53)76(64,6)7)77(72-50(45-19-10-8-11-20-45)25-18-26-51(72)46-21-12-9-13-22-46)48-33-35-52-57-42-63-58(43-62(57)75(4,5)60(52)39-48)69-59(74(63,2)3)37-38-67-70(69)54-23-14-16-27-65(54)78-67/h8-43H,1-7H3.